The minimum Gasteiger partial charge on any atom is -0.393 e. The predicted octanol–water partition coefficient (Wildman–Crippen LogP) is 3.14. The van der Waals surface area contributed by atoms with Crippen LogP contribution in [0.1, 0.15) is 46.0 Å². The monoisotopic (exact) mass is 170 g/mol. The third-order valence-electron chi connectivity index (χ3n) is 2.01. The molecule has 0 bridgehead atoms. The summed E-state index contributed by atoms with van der Waals surface area (Å²) in [7, 11) is 0. The summed E-state index contributed by atoms with van der Waals surface area (Å²) in [6.07, 6.45) is 6.96. The normalized spacial score (nSPS) is 13.3. The van der Waals surface area contributed by atoms with Gasteiger partial charge < -0.3 is 5.11 Å². The number of aliphatic hydroxyl groups excluding tert-OH is 1. The van der Waals surface area contributed by atoms with Gasteiger partial charge in [-0.05, 0) is 18.8 Å². The van der Waals surface area contributed by atoms with Crippen LogP contribution in [0.2, 0.25) is 0 Å². The van der Waals surface area contributed by atoms with Crippen molar-refractivity contribution in [1.29, 1.82) is 0 Å². The van der Waals surface area contributed by atoms with E-state index in [1.165, 1.54) is 12.8 Å². The molecule has 0 amide bonds. The molecule has 0 aromatic carbocycles. The van der Waals surface area contributed by atoms with Gasteiger partial charge in [0.1, 0.15) is 0 Å². The van der Waals surface area contributed by atoms with Gasteiger partial charge in [-0.2, -0.15) is 0 Å². The molecule has 0 unspecified atom stereocenters. The lowest BCUT2D eigenvalue weighted by atomic mass is 10.0. The van der Waals surface area contributed by atoms with Crippen LogP contribution in [0, 0.1) is 5.92 Å². The number of rotatable bonds is 7. The van der Waals surface area contributed by atoms with E-state index < -0.39 is 0 Å². The van der Waals surface area contributed by atoms with Crippen molar-refractivity contribution in [3.05, 3.63) is 12.7 Å². The summed E-state index contributed by atoms with van der Waals surface area (Å²) in [5.41, 5.74) is 0. The van der Waals surface area contributed by atoms with Gasteiger partial charge in [0.05, 0.1) is 6.10 Å². The highest BCUT2D eigenvalue weighted by Crippen LogP contribution is 2.10. The smallest absolute Gasteiger partial charge is 0.0574 e. The van der Waals surface area contributed by atoms with Crippen LogP contribution in [-0.2, 0) is 0 Å². The summed E-state index contributed by atoms with van der Waals surface area (Å²) in [5, 5.41) is 9.34. The quantitative estimate of drug-likeness (QED) is 0.459. The van der Waals surface area contributed by atoms with Crippen LogP contribution in [0.25, 0.3) is 0 Å². The van der Waals surface area contributed by atoms with Crippen molar-refractivity contribution in [2.75, 3.05) is 0 Å². The summed E-state index contributed by atoms with van der Waals surface area (Å²) in [6, 6.07) is 0. The van der Waals surface area contributed by atoms with E-state index in [-0.39, 0.29) is 6.10 Å². The molecule has 1 N–H and O–H groups in total. The fourth-order valence-corrected chi connectivity index (χ4v) is 1.24. The van der Waals surface area contributed by atoms with Crippen LogP contribution in [0.3, 0.4) is 0 Å². The van der Waals surface area contributed by atoms with E-state index in [1.54, 1.807) is 6.08 Å². The number of aliphatic hydroxyl groups is 1. The largest absolute Gasteiger partial charge is 0.393 e. The molecular formula is C11H22O. The SMILES string of the molecule is C=CC[C@H](O)CCCCC(C)C. The van der Waals surface area contributed by atoms with Gasteiger partial charge in [0.15, 0.2) is 0 Å². The maximum atomic E-state index is 9.34. The highest BCUT2D eigenvalue weighted by atomic mass is 16.3. The van der Waals surface area contributed by atoms with Crippen molar-refractivity contribution in [2.45, 2.75) is 52.1 Å². The Morgan fingerprint density at radius 2 is 1.83 bits per heavy atom. The number of hydrogen-bond donors (Lipinski definition) is 1. The molecule has 0 aliphatic rings. The van der Waals surface area contributed by atoms with E-state index in [0.717, 1.165) is 25.2 Å². The first-order valence-electron chi connectivity index (χ1n) is 4.95. The first-order valence-corrected chi connectivity index (χ1v) is 4.95. The first-order chi connectivity index (χ1) is 5.66. The van der Waals surface area contributed by atoms with E-state index in [2.05, 4.69) is 20.4 Å². The summed E-state index contributed by atoms with van der Waals surface area (Å²) in [5.74, 6) is 0.793. The van der Waals surface area contributed by atoms with Crippen LogP contribution in [0.5, 0.6) is 0 Å². The Kier molecular flexibility index (Phi) is 7.17. The van der Waals surface area contributed by atoms with Crippen LogP contribution in [-0.4, -0.2) is 11.2 Å². The van der Waals surface area contributed by atoms with Crippen molar-refractivity contribution in [2.24, 2.45) is 5.92 Å². The topological polar surface area (TPSA) is 20.2 Å². The number of hydrogen-bond acceptors (Lipinski definition) is 1. The lowest BCUT2D eigenvalue weighted by Gasteiger charge is -2.08. The molecule has 1 nitrogen and oxygen atoms in total. The predicted molar refractivity (Wildman–Crippen MR) is 54.1 cm³/mol. The van der Waals surface area contributed by atoms with Gasteiger partial charge in [-0.25, -0.2) is 0 Å². The van der Waals surface area contributed by atoms with Gasteiger partial charge in [-0.15, -0.1) is 6.58 Å². The minimum absolute atomic E-state index is 0.158. The molecule has 0 saturated carbocycles. The fraction of sp³-hybridized carbons (Fsp3) is 0.818. The van der Waals surface area contributed by atoms with Crippen molar-refractivity contribution in [3.63, 3.8) is 0 Å². The van der Waals surface area contributed by atoms with E-state index in [0.29, 0.717) is 0 Å². The molecule has 0 aliphatic heterocycles. The summed E-state index contributed by atoms with van der Waals surface area (Å²) in [6.45, 7) is 8.07. The minimum atomic E-state index is -0.158. The molecule has 72 valence electrons. The number of unbranched alkanes of at least 4 members (excludes halogenated alkanes) is 1. The molecule has 1 heteroatoms. The molecule has 0 rings (SSSR count). The maximum Gasteiger partial charge on any atom is 0.0574 e. The molecule has 0 aromatic rings. The molecule has 0 saturated heterocycles. The van der Waals surface area contributed by atoms with Gasteiger partial charge in [0.2, 0.25) is 0 Å². The molecule has 0 heterocycles. The van der Waals surface area contributed by atoms with E-state index in [9.17, 15) is 5.11 Å². The Hall–Kier alpha value is -0.300. The van der Waals surface area contributed by atoms with Crippen LogP contribution >= 0.6 is 0 Å². The summed E-state index contributed by atoms with van der Waals surface area (Å²) < 4.78 is 0. The molecule has 12 heavy (non-hydrogen) atoms. The molecule has 1 atom stereocenters. The second-order valence-corrected chi connectivity index (χ2v) is 3.86. The zero-order chi connectivity index (χ0) is 9.40. The Labute approximate surface area is 76.5 Å². The second kappa shape index (κ2) is 7.35. The molecule has 0 aliphatic carbocycles. The second-order valence-electron chi connectivity index (χ2n) is 3.86. The van der Waals surface area contributed by atoms with Crippen molar-refractivity contribution in [1.82, 2.24) is 0 Å². The highest BCUT2D eigenvalue weighted by molar-refractivity contribution is 4.71. The molecule has 0 fully saturated rings. The van der Waals surface area contributed by atoms with Gasteiger partial charge in [0.25, 0.3) is 0 Å². The standard InChI is InChI=1S/C11H22O/c1-4-7-11(12)9-6-5-8-10(2)3/h4,10-12H,1,5-9H2,2-3H3/t11-/m0/s1. The van der Waals surface area contributed by atoms with Crippen molar-refractivity contribution in [3.8, 4) is 0 Å². The van der Waals surface area contributed by atoms with Crippen LogP contribution in [0.4, 0.5) is 0 Å². The lowest BCUT2D eigenvalue weighted by molar-refractivity contribution is 0.163. The average molecular weight is 170 g/mol. The zero-order valence-corrected chi connectivity index (χ0v) is 8.42. The fourth-order valence-electron chi connectivity index (χ4n) is 1.24. The maximum absolute atomic E-state index is 9.34. The van der Waals surface area contributed by atoms with Crippen LogP contribution < -0.4 is 0 Å². The first kappa shape index (κ1) is 11.7. The lowest BCUT2D eigenvalue weighted by Crippen LogP contribution is -2.04. The Morgan fingerprint density at radius 1 is 1.25 bits per heavy atom. The van der Waals surface area contributed by atoms with Gasteiger partial charge in [-0.3, -0.25) is 0 Å². The molecule has 0 radical (unpaired) electrons. The molecular weight excluding hydrogens is 148 g/mol. The third-order valence-corrected chi connectivity index (χ3v) is 2.01. The Morgan fingerprint density at radius 3 is 2.33 bits per heavy atom. The summed E-state index contributed by atoms with van der Waals surface area (Å²) >= 11 is 0. The van der Waals surface area contributed by atoms with Gasteiger partial charge in [-0.1, -0.05) is 39.2 Å². The van der Waals surface area contributed by atoms with E-state index in [1.807, 2.05) is 0 Å². The Bertz CT molecular complexity index is 108. The van der Waals surface area contributed by atoms with Crippen LogP contribution in [0.15, 0.2) is 12.7 Å². The molecule has 0 spiro atoms. The van der Waals surface area contributed by atoms with E-state index >= 15 is 0 Å². The van der Waals surface area contributed by atoms with Crippen molar-refractivity contribution >= 4 is 0 Å². The van der Waals surface area contributed by atoms with Gasteiger partial charge >= 0.3 is 0 Å². The molecule has 0 aromatic heterocycles. The summed E-state index contributed by atoms with van der Waals surface area (Å²) in [4.78, 5) is 0. The third kappa shape index (κ3) is 7.80. The Balaban J connectivity index is 3.13. The zero-order valence-electron chi connectivity index (χ0n) is 8.42. The average Bonchev–Trinajstić information content (AvgIpc) is 1.98. The van der Waals surface area contributed by atoms with Crippen molar-refractivity contribution < 1.29 is 5.11 Å². The van der Waals surface area contributed by atoms with Gasteiger partial charge in [0, 0.05) is 0 Å². The highest BCUT2D eigenvalue weighted by Gasteiger charge is 2.01. The van der Waals surface area contributed by atoms with E-state index in [4.69, 9.17) is 0 Å².